The fourth-order valence-electron chi connectivity index (χ4n) is 0.634. The Morgan fingerprint density at radius 1 is 1.38 bits per heavy atom. The zero-order valence-corrected chi connectivity index (χ0v) is 13.6. The Morgan fingerprint density at radius 3 is 2.00 bits per heavy atom. The maximum atomic E-state index is 6.00. The van der Waals surface area contributed by atoms with Gasteiger partial charge in [-0.3, -0.25) is 0 Å². The summed E-state index contributed by atoms with van der Waals surface area (Å²) < 4.78 is 2.73. The molecule has 1 unspecified atom stereocenters. The van der Waals surface area contributed by atoms with Crippen LogP contribution in [-0.2, 0) is 21.8 Å². The first-order chi connectivity index (χ1) is 3.31. The molecule has 0 radical (unpaired) electrons. The Bertz CT molecular complexity index is 43.4. The maximum Gasteiger partial charge on any atom is -0.153 e. The van der Waals surface area contributed by atoms with Crippen LogP contribution in [-0.4, -0.2) is 0 Å². The smallest absolute Gasteiger partial charge is 0.153 e. The van der Waals surface area contributed by atoms with E-state index in [2.05, 4.69) is 13.8 Å². The van der Waals surface area contributed by atoms with Gasteiger partial charge >= 0.3 is 58.2 Å². The van der Waals surface area contributed by atoms with Crippen molar-refractivity contribution in [3.05, 3.63) is 0 Å². The van der Waals surface area contributed by atoms with Crippen molar-refractivity contribution in [3.63, 3.8) is 0 Å². The van der Waals surface area contributed by atoms with E-state index < -0.39 is 21.8 Å². The normalized spacial score (nSPS) is 7.88. The van der Waals surface area contributed by atoms with Gasteiger partial charge in [0, 0.05) is 0 Å². The molecule has 0 aromatic carbocycles. The molecule has 0 aliphatic rings. The van der Waals surface area contributed by atoms with Crippen molar-refractivity contribution in [3.8, 4) is 0 Å². The minimum Gasteiger partial charge on any atom is -0.153 e. The van der Waals surface area contributed by atoms with Gasteiger partial charge in [-0.2, -0.15) is 9.90 Å². The first-order valence-electron chi connectivity index (χ1n) is 3.18. The number of hydrogen-bond donors (Lipinski definition) is 0. The minimum atomic E-state index is -1.46. The van der Waals surface area contributed by atoms with Crippen molar-refractivity contribution in [2.45, 2.75) is 28.1 Å². The Balaban J connectivity index is 0. The maximum absolute atomic E-state index is 6.00. The molecular formula is C5H15ClHgP. The molecule has 0 heterocycles. The van der Waals surface area contributed by atoms with E-state index in [0.29, 0.717) is 0 Å². The molecule has 3 heteroatoms. The molecule has 0 aromatic heterocycles. The fourth-order valence-corrected chi connectivity index (χ4v) is 7.91. The first-order valence-corrected chi connectivity index (χ1v) is 17.7. The molecule has 0 rings (SSSR count). The summed E-state index contributed by atoms with van der Waals surface area (Å²) in [7, 11) is 6.00. The Hall–Kier alpha value is 1.66. The molecule has 0 aliphatic carbocycles. The van der Waals surface area contributed by atoms with Crippen LogP contribution < -0.4 is 0 Å². The number of hydrogen-bond acceptors (Lipinski definition) is 0. The molecule has 8 heavy (non-hydrogen) atoms. The number of halogens is 1. The summed E-state index contributed by atoms with van der Waals surface area (Å²) >= 11 is -1.46. The average molecular weight is 342 g/mol. The van der Waals surface area contributed by atoms with Crippen LogP contribution in [0.2, 0.25) is 7.86 Å². The van der Waals surface area contributed by atoms with E-state index in [1.165, 1.54) is 14.3 Å². The largest absolute Gasteiger partial charge is 0.153 e. The van der Waals surface area contributed by atoms with E-state index >= 15 is 0 Å². The molecule has 0 bridgehead atoms. The second-order valence-electron chi connectivity index (χ2n) is 2.09. The second kappa shape index (κ2) is 8.66. The summed E-state index contributed by atoms with van der Waals surface area (Å²) in [5.41, 5.74) is 0. The zero-order chi connectivity index (χ0) is 5.70. The van der Waals surface area contributed by atoms with Crippen LogP contribution >= 0.6 is 18.1 Å². The van der Waals surface area contributed by atoms with Crippen molar-refractivity contribution >= 4 is 18.1 Å². The minimum absolute atomic E-state index is 0. The molecule has 0 aliphatic heterocycles. The van der Waals surface area contributed by atoms with Crippen LogP contribution in [0.4, 0.5) is 0 Å². The Labute approximate surface area is 67.7 Å². The van der Waals surface area contributed by atoms with Crippen molar-refractivity contribution < 1.29 is 21.8 Å². The van der Waals surface area contributed by atoms with Gasteiger partial charge in [-0.15, -0.1) is 0 Å². The quantitative estimate of drug-likeness (QED) is 0.546. The van der Waals surface area contributed by atoms with E-state index in [9.17, 15) is 0 Å². The Kier molecular flexibility index (Phi) is 13.4. The van der Waals surface area contributed by atoms with Crippen molar-refractivity contribution in [2.75, 3.05) is 0 Å². The van der Waals surface area contributed by atoms with Gasteiger partial charge < -0.3 is 0 Å². The van der Waals surface area contributed by atoms with Gasteiger partial charge in [-0.05, 0) is 0 Å². The third-order valence-electron chi connectivity index (χ3n) is 1.28. The Morgan fingerprint density at radius 2 is 1.88 bits per heavy atom. The summed E-state index contributed by atoms with van der Waals surface area (Å²) in [6.45, 7) is 4.44. The summed E-state index contributed by atoms with van der Waals surface area (Å²) in [4.78, 5) is 0. The molecule has 0 aromatic rings. The van der Waals surface area contributed by atoms with Gasteiger partial charge in [-0.1, -0.05) is 0 Å². The molecule has 0 nitrogen and oxygen atoms in total. The van der Waals surface area contributed by atoms with Gasteiger partial charge in [0.2, 0.25) is 0 Å². The summed E-state index contributed by atoms with van der Waals surface area (Å²) in [6.07, 6.45) is 1.31. The van der Waals surface area contributed by atoms with E-state index in [0.717, 1.165) is 0 Å². The first kappa shape index (κ1) is 12.3. The molecule has 0 amide bonds. The molecular weight excluding hydrogens is 327 g/mol. The zero-order valence-electron chi connectivity index (χ0n) is 5.91. The molecule has 0 N–H and O–H groups in total. The summed E-state index contributed by atoms with van der Waals surface area (Å²) in [6, 6.07) is 0. The third-order valence-corrected chi connectivity index (χ3v) is 16.9. The van der Waals surface area contributed by atoms with Crippen LogP contribution in [0.3, 0.4) is 0 Å². The van der Waals surface area contributed by atoms with E-state index in [1.807, 2.05) is 0 Å². The molecule has 0 spiro atoms. The van der Waals surface area contributed by atoms with Crippen LogP contribution in [0.25, 0.3) is 0 Å². The van der Waals surface area contributed by atoms with Crippen LogP contribution in [0, 0.1) is 0 Å². The topological polar surface area (TPSA) is 0 Å². The SMILES string of the molecule is CC[CH2][Hg]([Cl])[CH2]C.P. The van der Waals surface area contributed by atoms with E-state index in [4.69, 9.17) is 8.25 Å². The molecule has 0 fully saturated rings. The number of rotatable bonds is 3. The predicted molar refractivity (Wildman–Crippen MR) is 42.5 cm³/mol. The van der Waals surface area contributed by atoms with Crippen LogP contribution in [0.15, 0.2) is 0 Å². The molecule has 49 valence electrons. The van der Waals surface area contributed by atoms with Crippen LogP contribution in [0.1, 0.15) is 20.3 Å². The van der Waals surface area contributed by atoms with Gasteiger partial charge in [0.05, 0.1) is 0 Å². The van der Waals surface area contributed by atoms with Gasteiger partial charge in [-0.25, -0.2) is 0 Å². The standard InChI is InChI=1S/C3H7.C2H5.ClH.Hg.H3P/c1-3-2;1-2;;;/h1,3H2,2H3;1H2,2H3;1H;;1H3/q;;;+1;/p-1. The van der Waals surface area contributed by atoms with Gasteiger partial charge in [0.1, 0.15) is 0 Å². The van der Waals surface area contributed by atoms with E-state index in [-0.39, 0.29) is 9.90 Å². The van der Waals surface area contributed by atoms with Crippen LogP contribution in [0.5, 0.6) is 0 Å². The second-order valence-corrected chi connectivity index (χ2v) is 21.0. The molecule has 1 atom stereocenters. The monoisotopic (exact) mass is 343 g/mol. The van der Waals surface area contributed by atoms with Gasteiger partial charge in [0.25, 0.3) is 0 Å². The van der Waals surface area contributed by atoms with Gasteiger partial charge in [0.15, 0.2) is 0 Å². The van der Waals surface area contributed by atoms with Crippen molar-refractivity contribution in [1.82, 2.24) is 0 Å². The average Bonchev–Trinajstić information content (AvgIpc) is 1.68. The third kappa shape index (κ3) is 7.66. The van der Waals surface area contributed by atoms with Crippen molar-refractivity contribution in [1.29, 1.82) is 0 Å². The van der Waals surface area contributed by atoms with Crippen molar-refractivity contribution in [2.24, 2.45) is 0 Å². The summed E-state index contributed by atoms with van der Waals surface area (Å²) in [5, 5.41) is 0. The fraction of sp³-hybridized carbons (Fsp3) is 1.00. The summed E-state index contributed by atoms with van der Waals surface area (Å²) in [5.74, 6) is 0. The molecule has 0 saturated carbocycles. The molecule has 0 saturated heterocycles. The van der Waals surface area contributed by atoms with E-state index in [1.54, 1.807) is 0 Å². The predicted octanol–water partition coefficient (Wildman–Crippen LogP) is 3.08.